The molecule has 0 saturated carbocycles. The number of nitrogens with zero attached hydrogens (tertiary/aromatic N) is 1. The molecule has 0 aliphatic heterocycles. The highest BCUT2D eigenvalue weighted by molar-refractivity contribution is 5.81. The zero-order valence-corrected chi connectivity index (χ0v) is 11.0. The Morgan fingerprint density at radius 3 is 2.75 bits per heavy atom. The second-order valence-corrected chi connectivity index (χ2v) is 4.65. The second kappa shape index (κ2) is 4.89. The van der Waals surface area contributed by atoms with Gasteiger partial charge in [0, 0.05) is 12.4 Å². The van der Waals surface area contributed by atoms with Gasteiger partial charge >= 0.3 is 0 Å². The van der Waals surface area contributed by atoms with Crippen molar-refractivity contribution < 1.29 is 14.2 Å². The number of halogens is 1. The highest BCUT2D eigenvalue weighted by Gasteiger charge is 2.08. The van der Waals surface area contributed by atoms with Gasteiger partial charge < -0.3 is 14.4 Å². The zero-order valence-electron chi connectivity index (χ0n) is 11.0. The molecular formula is C16H14FNO2. The van der Waals surface area contributed by atoms with Crippen molar-refractivity contribution in [1.82, 2.24) is 4.57 Å². The molecule has 0 fully saturated rings. The van der Waals surface area contributed by atoms with Gasteiger partial charge in [0.1, 0.15) is 12.4 Å². The molecule has 0 saturated heterocycles. The largest absolute Gasteiger partial charge is 0.504 e. The van der Waals surface area contributed by atoms with Crippen LogP contribution in [0.3, 0.4) is 0 Å². The third-order valence-electron chi connectivity index (χ3n) is 3.35. The first-order valence-electron chi connectivity index (χ1n) is 6.30. The van der Waals surface area contributed by atoms with Gasteiger partial charge in [-0.1, -0.05) is 12.1 Å². The van der Waals surface area contributed by atoms with Gasteiger partial charge in [-0.05, 0) is 36.4 Å². The number of aromatic nitrogens is 1. The number of phenolic OH excluding ortho intramolecular Hbond substituents is 1. The Bertz CT molecular complexity index is 764. The summed E-state index contributed by atoms with van der Waals surface area (Å²) in [5, 5.41) is 10.6. The molecular weight excluding hydrogens is 257 g/mol. The van der Waals surface area contributed by atoms with Gasteiger partial charge in [-0.25, -0.2) is 4.39 Å². The average Bonchev–Trinajstić information content (AvgIpc) is 2.75. The summed E-state index contributed by atoms with van der Waals surface area (Å²) < 4.78 is 20.7. The molecule has 3 nitrogen and oxygen atoms in total. The van der Waals surface area contributed by atoms with Gasteiger partial charge in [0.2, 0.25) is 0 Å². The number of rotatable bonds is 3. The molecule has 0 aliphatic rings. The lowest BCUT2D eigenvalue weighted by atomic mass is 10.2. The van der Waals surface area contributed by atoms with Crippen LogP contribution in [0.1, 0.15) is 5.69 Å². The van der Waals surface area contributed by atoms with Crippen LogP contribution in [0.4, 0.5) is 4.39 Å². The van der Waals surface area contributed by atoms with E-state index in [0.717, 1.165) is 16.6 Å². The maximum absolute atomic E-state index is 13.3. The second-order valence-electron chi connectivity index (χ2n) is 4.65. The molecule has 20 heavy (non-hydrogen) atoms. The number of hydrogen-bond acceptors (Lipinski definition) is 2. The van der Waals surface area contributed by atoms with Crippen molar-refractivity contribution in [3.05, 3.63) is 60.0 Å². The van der Waals surface area contributed by atoms with E-state index in [1.165, 1.54) is 12.1 Å². The van der Waals surface area contributed by atoms with Crippen LogP contribution in [0.15, 0.2) is 48.5 Å². The highest BCUT2D eigenvalue weighted by Crippen LogP contribution is 2.26. The summed E-state index contributed by atoms with van der Waals surface area (Å²) in [5.74, 6) is 0.285. The maximum Gasteiger partial charge on any atom is 0.161 e. The van der Waals surface area contributed by atoms with Crippen LogP contribution >= 0.6 is 0 Å². The fourth-order valence-electron chi connectivity index (χ4n) is 2.23. The molecule has 0 atom stereocenters. The van der Waals surface area contributed by atoms with Gasteiger partial charge in [0.15, 0.2) is 11.5 Å². The van der Waals surface area contributed by atoms with E-state index in [4.69, 9.17) is 4.74 Å². The maximum atomic E-state index is 13.3. The first-order chi connectivity index (χ1) is 9.65. The van der Waals surface area contributed by atoms with Crippen molar-refractivity contribution in [3.63, 3.8) is 0 Å². The van der Waals surface area contributed by atoms with Crippen molar-refractivity contribution in [2.75, 3.05) is 0 Å². The van der Waals surface area contributed by atoms with E-state index in [1.807, 2.05) is 17.7 Å². The molecule has 0 unspecified atom stereocenters. The van der Waals surface area contributed by atoms with Crippen molar-refractivity contribution >= 4 is 10.9 Å². The van der Waals surface area contributed by atoms with Crippen molar-refractivity contribution in [2.24, 2.45) is 7.05 Å². The van der Waals surface area contributed by atoms with E-state index in [2.05, 4.69) is 0 Å². The minimum absolute atomic E-state index is 0.109. The molecule has 3 aromatic rings. The number of phenols is 1. The van der Waals surface area contributed by atoms with Crippen molar-refractivity contribution in [3.8, 4) is 11.5 Å². The van der Waals surface area contributed by atoms with Crippen LogP contribution in [0, 0.1) is 5.82 Å². The van der Waals surface area contributed by atoms with Crippen molar-refractivity contribution in [1.29, 1.82) is 0 Å². The minimum atomic E-state index is -0.258. The number of ether oxygens (including phenoxy) is 1. The van der Waals surface area contributed by atoms with E-state index in [1.54, 1.807) is 30.3 Å². The van der Waals surface area contributed by atoms with Crippen LogP contribution in [0.5, 0.6) is 11.5 Å². The van der Waals surface area contributed by atoms with Gasteiger partial charge in [0.05, 0.1) is 11.2 Å². The Balaban J connectivity index is 1.88. The van der Waals surface area contributed by atoms with Crippen LogP contribution in [-0.4, -0.2) is 9.67 Å². The molecule has 0 spiro atoms. The molecule has 1 N–H and O–H groups in total. The minimum Gasteiger partial charge on any atom is -0.504 e. The number of fused-ring (bicyclic) bond motifs is 1. The first kappa shape index (κ1) is 12.5. The Kier molecular flexibility index (Phi) is 3.06. The zero-order chi connectivity index (χ0) is 14.1. The van der Waals surface area contributed by atoms with E-state index >= 15 is 0 Å². The number of para-hydroxylation sites is 2. The highest BCUT2D eigenvalue weighted by atomic mass is 19.1. The summed E-state index contributed by atoms with van der Waals surface area (Å²) in [6, 6.07) is 13.5. The van der Waals surface area contributed by atoms with E-state index < -0.39 is 0 Å². The summed E-state index contributed by atoms with van der Waals surface area (Å²) in [5.41, 5.74) is 1.73. The molecule has 102 valence electrons. The molecule has 1 heterocycles. The number of aromatic hydroxyl groups is 1. The molecule has 1 aromatic heterocycles. The van der Waals surface area contributed by atoms with Crippen molar-refractivity contribution in [2.45, 2.75) is 6.61 Å². The van der Waals surface area contributed by atoms with Crippen LogP contribution in [0.2, 0.25) is 0 Å². The number of aryl methyl sites for hydroxylation is 1. The van der Waals surface area contributed by atoms with Crippen LogP contribution in [0.25, 0.3) is 10.9 Å². The lowest BCUT2D eigenvalue weighted by Crippen LogP contribution is -2.01. The van der Waals surface area contributed by atoms with Gasteiger partial charge in [0.25, 0.3) is 0 Å². The first-order valence-corrected chi connectivity index (χ1v) is 6.30. The summed E-state index contributed by atoms with van der Waals surface area (Å²) in [4.78, 5) is 0. The van der Waals surface area contributed by atoms with Crippen LogP contribution in [-0.2, 0) is 13.7 Å². The van der Waals surface area contributed by atoms with Gasteiger partial charge in [-0.3, -0.25) is 0 Å². The standard InChI is InChI=1S/C16H14FNO2/c1-18-13(8-11-6-7-12(17)9-14(11)18)10-20-16-5-3-2-4-15(16)19/h2-9,19H,10H2,1H3. The molecule has 0 bridgehead atoms. The average molecular weight is 271 g/mol. The quantitative estimate of drug-likeness (QED) is 0.789. The number of hydrogen-bond donors (Lipinski definition) is 1. The lowest BCUT2D eigenvalue weighted by Gasteiger charge is -2.08. The summed E-state index contributed by atoms with van der Waals surface area (Å²) in [7, 11) is 1.87. The topological polar surface area (TPSA) is 34.4 Å². The SMILES string of the molecule is Cn1c(COc2ccccc2O)cc2ccc(F)cc21. The molecule has 2 aromatic carbocycles. The molecule has 4 heteroatoms. The van der Waals surface area contributed by atoms with Gasteiger partial charge in [-0.2, -0.15) is 0 Å². The fraction of sp³-hybridized carbons (Fsp3) is 0.125. The van der Waals surface area contributed by atoms with Crippen LogP contribution < -0.4 is 4.74 Å². The van der Waals surface area contributed by atoms with E-state index in [9.17, 15) is 9.50 Å². The Morgan fingerprint density at radius 1 is 1.15 bits per heavy atom. The predicted octanol–water partition coefficient (Wildman–Crippen LogP) is 3.60. The lowest BCUT2D eigenvalue weighted by molar-refractivity contribution is 0.282. The Morgan fingerprint density at radius 2 is 1.95 bits per heavy atom. The molecule has 0 amide bonds. The molecule has 0 aliphatic carbocycles. The monoisotopic (exact) mass is 271 g/mol. The third kappa shape index (κ3) is 2.20. The molecule has 0 radical (unpaired) electrons. The Labute approximate surface area is 115 Å². The predicted molar refractivity (Wildman–Crippen MR) is 75.3 cm³/mol. The normalized spacial score (nSPS) is 10.9. The Hall–Kier alpha value is -2.49. The number of benzene rings is 2. The summed E-state index contributed by atoms with van der Waals surface area (Å²) in [6.45, 7) is 0.310. The van der Waals surface area contributed by atoms with E-state index in [-0.39, 0.29) is 11.6 Å². The summed E-state index contributed by atoms with van der Waals surface area (Å²) >= 11 is 0. The van der Waals surface area contributed by atoms with Gasteiger partial charge in [-0.15, -0.1) is 0 Å². The molecule has 3 rings (SSSR count). The van der Waals surface area contributed by atoms with E-state index in [0.29, 0.717) is 12.4 Å². The summed E-state index contributed by atoms with van der Waals surface area (Å²) in [6.07, 6.45) is 0. The fourth-order valence-corrected chi connectivity index (χ4v) is 2.23. The smallest absolute Gasteiger partial charge is 0.161 e. The third-order valence-corrected chi connectivity index (χ3v) is 3.35.